The van der Waals surface area contributed by atoms with E-state index < -0.39 is 0 Å². The van der Waals surface area contributed by atoms with Gasteiger partial charge in [0.25, 0.3) is 6.71 Å². The smallest absolute Gasteiger partial charge is 0.252 e. The van der Waals surface area contributed by atoms with E-state index in [1.54, 1.807) is 5.57 Å². The lowest BCUT2D eigenvalue weighted by Crippen LogP contribution is -2.61. The van der Waals surface area contributed by atoms with Crippen LogP contribution in [0.1, 0.15) is 158 Å². The molecule has 0 amide bonds. The summed E-state index contributed by atoms with van der Waals surface area (Å²) in [6.45, 7) is 28.7. The summed E-state index contributed by atoms with van der Waals surface area (Å²) < 4.78 is 0. The van der Waals surface area contributed by atoms with Crippen LogP contribution in [-0.4, -0.2) is 18.8 Å². The Hall–Kier alpha value is -9.90. The molecule has 10 aromatic rings. The highest BCUT2D eigenvalue weighted by Crippen LogP contribution is 2.61. The van der Waals surface area contributed by atoms with Crippen LogP contribution in [-0.2, 0) is 10.8 Å². The minimum absolute atomic E-state index is 0.0420. The maximum atomic E-state index is 3.09. The fraction of sp³-hybridized carbons (Fsp3) is 0.308. The quantitative estimate of drug-likeness (QED) is 0.133. The maximum Gasteiger partial charge on any atom is 0.252 e. The van der Waals surface area contributed by atoms with E-state index in [1.165, 1.54) is 208 Å². The summed E-state index contributed by atoms with van der Waals surface area (Å²) in [5.74, 6) is 2.41. The number of allylic oxidation sites excluding steroid dienone is 12. The Morgan fingerprint density at radius 1 is 0.370 bits per heavy atom. The molecule has 0 bridgehead atoms. The number of rotatable bonds is 9. The van der Waals surface area contributed by atoms with E-state index in [2.05, 4.69) is 359 Å². The SMILES string of the molecule is CC(C)(C)C1=CC2=C(c3ccc4c(c3)B3c5ccc(-c6ccccc6)cc5N(c5c(-c6ccccc6)cc(C(C)(C)C)cc5-c5ccccc5)c5cc(N6C7CCCCC7C7CCCCC76)cc(c53)N4c3c(-c4ccccc4)cc(C(C)(C)C)cc3-c3ccccc3)C=C3C=C(C(C)(C)C)CC4C=CC(=C1)C2C34. The first kappa shape index (κ1) is 68.6. The maximum absolute atomic E-state index is 3.09. The van der Waals surface area contributed by atoms with Crippen molar-refractivity contribution in [3.8, 4) is 55.6 Å². The molecule has 3 nitrogen and oxygen atoms in total. The monoisotopic (exact) mass is 1410 g/mol. The zero-order valence-corrected chi connectivity index (χ0v) is 65.7. The van der Waals surface area contributed by atoms with E-state index in [9.17, 15) is 0 Å². The van der Waals surface area contributed by atoms with Gasteiger partial charge in [-0.2, -0.15) is 0 Å². The molecule has 9 aliphatic rings. The van der Waals surface area contributed by atoms with Crippen LogP contribution in [0.2, 0.25) is 0 Å². The van der Waals surface area contributed by atoms with Gasteiger partial charge < -0.3 is 14.7 Å². The van der Waals surface area contributed by atoms with Gasteiger partial charge >= 0.3 is 0 Å². The molecule has 2 saturated carbocycles. The van der Waals surface area contributed by atoms with Crippen LogP contribution < -0.4 is 31.1 Å². The van der Waals surface area contributed by atoms with Gasteiger partial charge in [-0.1, -0.05) is 327 Å². The molecule has 0 aromatic heterocycles. The van der Waals surface area contributed by atoms with E-state index in [-0.39, 0.29) is 34.3 Å². The molecule has 1 saturated heterocycles. The van der Waals surface area contributed by atoms with Gasteiger partial charge in [-0.3, -0.25) is 0 Å². The number of anilines is 7. The third kappa shape index (κ3) is 11.5. The zero-order valence-electron chi connectivity index (χ0n) is 65.7. The van der Waals surface area contributed by atoms with E-state index in [0.29, 0.717) is 35.8 Å². The van der Waals surface area contributed by atoms with E-state index in [0.717, 1.165) is 6.42 Å². The molecule has 108 heavy (non-hydrogen) atoms. The van der Waals surface area contributed by atoms with Gasteiger partial charge in [-0.25, -0.2) is 0 Å². The largest absolute Gasteiger partial charge is 0.365 e. The number of benzene rings is 10. The Bertz CT molecular complexity index is 5300. The molecular weight excluding hydrogens is 1300 g/mol. The van der Waals surface area contributed by atoms with Gasteiger partial charge in [0.05, 0.1) is 11.4 Å². The second-order valence-corrected chi connectivity index (χ2v) is 37.3. The first-order valence-corrected chi connectivity index (χ1v) is 40.9. The molecule has 0 spiro atoms. The molecule has 19 rings (SSSR count). The molecule has 4 heteroatoms. The number of hydrogen-bond acceptors (Lipinski definition) is 3. The van der Waals surface area contributed by atoms with Crippen LogP contribution in [0.25, 0.3) is 61.2 Å². The Kier molecular flexibility index (Phi) is 16.5. The fourth-order valence-corrected chi connectivity index (χ4v) is 21.1. The molecule has 10 aromatic carbocycles. The molecule has 7 atom stereocenters. The van der Waals surface area contributed by atoms with Gasteiger partial charge in [-0.15, -0.1) is 0 Å². The standard InChI is InChI=1S/C104H104BN3/c1-101(2,3)75-52-72-46-47-73-53-76(102(4,5)6)62-87-82(55-74(54-75)96(72)97(73)87)71-49-51-92-89(56-71)105-88-50-48-70(65-32-18-13-19-33-65)57-93(88)108(100-85(68-38-24-16-25-39-68)60-78(104(10,11)12)61-86(100)69-40-26-17-27-41-69)95-64-79(106-90-44-30-28-42-80(90)81-43-29-31-45-91(81)106)63-94(98(95)105)107(92)99-83(66-34-20-14-21-35-66)58-77(103(7,8)9)59-84(99)67-36-22-15-23-37-67/h13-27,32-41,46-51,53-64,72,80-81,90-91,96-97H,28-31,42-45,52H2,1-12H3. The number of hydrogen-bond donors (Lipinski definition) is 0. The molecule has 6 aliphatic carbocycles. The van der Waals surface area contributed by atoms with Crippen LogP contribution in [0.5, 0.6) is 0 Å². The average Bonchev–Trinajstić information content (AvgIpc) is 0.785. The molecule has 3 fully saturated rings. The Morgan fingerprint density at radius 3 is 1.32 bits per heavy atom. The predicted molar refractivity (Wildman–Crippen MR) is 461 cm³/mol. The first-order valence-electron chi connectivity index (χ1n) is 40.9. The molecule has 7 unspecified atom stereocenters. The highest BCUT2D eigenvalue weighted by atomic mass is 15.3. The summed E-state index contributed by atoms with van der Waals surface area (Å²) in [6, 6.07) is 89.3. The molecule has 3 aliphatic heterocycles. The topological polar surface area (TPSA) is 9.72 Å². The third-order valence-electron chi connectivity index (χ3n) is 26.7. The lowest BCUT2D eigenvalue weighted by Gasteiger charge is -2.48. The van der Waals surface area contributed by atoms with Crippen molar-refractivity contribution in [2.75, 3.05) is 14.7 Å². The first-order chi connectivity index (χ1) is 52.1. The lowest BCUT2D eigenvalue weighted by molar-refractivity contribution is 0.231. The van der Waals surface area contributed by atoms with Crippen molar-refractivity contribution in [3.63, 3.8) is 0 Å². The van der Waals surface area contributed by atoms with Crippen LogP contribution in [0.4, 0.5) is 39.8 Å². The van der Waals surface area contributed by atoms with Crippen molar-refractivity contribution in [1.29, 1.82) is 0 Å². The Morgan fingerprint density at radius 2 is 0.843 bits per heavy atom. The highest BCUT2D eigenvalue weighted by Gasteiger charge is 2.53. The Labute approximate surface area is 644 Å². The van der Waals surface area contributed by atoms with Crippen LogP contribution in [0.3, 0.4) is 0 Å². The van der Waals surface area contributed by atoms with Crippen molar-refractivity contribution in [1.82, 2.24) is 0 Å². The fourth-order valence-electron chi connectivity index (χ4n) is 21.1. The average molecular weight is 1410 g/mol. The summed E-state index contributed by atoms with van der Waals surface area (Å²) in [4.78, 5) is 8.78. The molecular formula is C104H104BN3. The van der Waals surface area contributed by atoms with E-state index in [4.69, 9.17) is 0 Å². The molecule has 0 N–H and O–H groups in total. The van der Waals surface area contributed by atoms with Crippen molar-refractivity contribution in [2.24, 2.45) is 40.4 Å². The van der Waals surface area contributed by atoms with Crippen molar-refractivity contribution >= 4 is 68.5 Å². The Balaban J connectivity index is 0.995. The summed E-state index contributed by atoms with van der Waals surface area (Å²) in [7, 11) is 0. The van der Waals surface area contributed by atoms with Crippen molar-refractivity contribution in [2.45, 2.75) is 164 Å². The predicted octanol–water partition coefficient (Wildman–Crippen LogP) is 26.0. The second kappa shape index (κ2) is 25.9. The number of nitrogens with zero attached hydrogens (tertiary/aromatic N) is 3. The third-order valence-corrected chi connectivity index (χ3v) is 26.7. The van der Waals surface area contributed by atoms with Gasteiger partial charge in [-0.05, 0) is 214 Å². The van der Waals surface area contributed by atoms with Gasteiger partial charge in [0, 0.05) is 74.6 Å². The molecule has 3 heterocycles. The van der Waals surface area contributed by atoms with Gasteiger partial charge in [0.15, 0.2) is 0 Å². The van der Waals surface area contributed by atoms with Gasteiger partial charge in [0.2, 0.25) is 0 Å². The second-order valence-electron chi connectivity index (χ2n) is 37.3. The van der Waals surface area contributed by atoms with Crippen LogP contribution in [0.15, 0.2) is 289 Å². The minimum atomic E-state index is -0.195. The molecule has 538 valence electrons. The normalized spacial score (nSPS) is 21.9. The van der Waals surface area contributed by atoms with Crippen molar-refractivity contribution < 1.29 is 0 Å². The van der Waals surface area contributed by atoms with Crippen LogP contribution in [0, 0.1) is 40.4 Å². The number of fused-ring (bicyclic) bond motifs is 7. The van der Waals surface area contributed by atoms with E-state index in [1.807, 2.05) is 0 Å². The molecule has 0 radical (unpaired) electrons. The zero-order chi connectivity index (χ0) is 73.9. The van der Waals surface area contributed by atoms with Crippen LogP contribution >= 0.6 is 0 Å². The lowest BCUT2D eigenvalue weighted by atomic mass is 9.33. The van der Waals surface area contributed by atoms with E-state index >= 15 is 0 Å². The minimum Gasteiger partial charge on any atom is -0.365 e. The van der Waals surface area contributed by atoms with Gasteiger partial charge in [0.1, 0.15) is 0 Å². The summed E-state index contributed by atoms with van der Waals surface area (Å²) >= 11 is 0. The van der Waals surface area contributed by atoms with Crippen molar-refractivity contribution in [3.05, 3.63) is 305 Å². The summed E-state index contributed by atoms with van der Waals surface area (Å²) in [5.41, 5.74) is 37.2. The summed E-state index contributed by atoms with van der Waals surface area (Å²) in [6.07, 6.45) is 27.1. The summed E-state index contributed by atoms with van der Waals surface area (Å²) in [5, 5.41) is 0. The highest BCUT2D eigenvalue weighted by molar-refractivity contribution is 7.00.